The molecule has 0 spiro atoms. The largest absolute Gasteiger partial charge is 0.299 e. The predicted octanol–water partition coefficient (Wildman–Crippen LogP) is 3.61. The maximum Gasteiger partial charge on any atom is 0.261 e. The first-order chi connectivity index (χ1) is 10.2. The van der Waals surface area contributed by atoms with Crippen LogP contribution >= 0.6 is 0 Å². The summed E-state index contributed by atoms with van der Waals surface area (Å²) >= 11 is 0. The Bertz CT molecular complexity index is 855. The topological polar surface area (TPSA) is 34.9 Å². The van der Waals surface area contributed by atoms with Crippen molar-refractivity contribution in [3.8, 4) is 11.1 Å². The van der Waals surface area contributed by atoms with Crippen molar-refractivity contribution in [2.75, 3.05) is 0 Å². The molecule has 0 bridgehead atoms. The van der Waals surface area contributed by atoms with Crippen molar-refractivity contribution in [2.45, 2.75) is 19.9 Å². The minimum atomic E-state index is -0.279. The lowest BCUT2D eigenvalue weighted by Crippen LogP contribution is -2.20. The molecule has 0 unspecified atom stereocenters. The van der Waals surface area contributed by atoms with E-state index in [4.69, 9.17) is 0 Å². The van der Waals surface area contributed by atoms with Crippen molar-refractivity contribution in [3.63, 3.8) is 0 Å². The highest BCUT2D eigenvalue weighted by Gasteiger charge is 2.06. The van der Waals surface area contributed by atoms with E-state index in [1.165, 1.54) is 12.1 Å². The molecule has 1 heterocycles. The lowest BCUT2D eigenvalue weighted by molar-refractivity contribution is 0.628. The van der Waals surface area contributed by atoms with Crippen LogP contribution in [0.2, 0.25) is 0 Å². The summed E-state index contributed by atoms with van der Waals surface area (Å²) in [6, 6.07) is 11.8. The summed E-state index contributed by atoms with van der Waals surface area (Å²) in [6.07, 6.45) is 2.46. The van der Waals surface area contributed by atoms with E-state index in [-0.39, 0.29) is 11.4 Å². The summed E-state index contributed by atoms with van der Waals surface area (Å²) in [4.78, 5) is 16.6. The molecule has 3 rings (SSSR count). The van der Waals surface area contributed by atoms with Gasteiger partial charge in [0.15, 0.2) is 0 Å². The third-order valence-corrected chi connectivity index (χ3v) is 3.45. The highest BCUT2D eigenvalue weighted by molar-refractivity contribution is 5.83. The first kappa shape index (κ1) is 13.5. The summed E-state index contributed by atoms with van der Waals surface area (Å²) in [5.74, 6) is -0.279. The summed E-state index contributed by atoms with van der Waals surface area (Å²) in [6.45, 7) is 2.68. The van der Waals surface area contributed by atoms with Crippen LogP contribution in [-0.2, 0) is 6.54 Å². The van der Waals surface area contributed by atoms with E-state index < -0.39 is 0 Å². The number of fused-ring (bicyclic) bond motifs is 1. The van der Waals surface area contributed by atoms with Gasteiger partial charge in [-0.2, -0.15) is 0 Å². The second kappa shape index (κ2) is 5.48. The third-order valence-electron chi connectivity index (χ3n) is 3.45. The zero-order valence-electron chi connectivity index (χ0n) is 11.7. The van der Waals surface area contributed by atoms with Crippen LogP contribution in [0.3, 0.4) is 0 Å². The molecule has 0 saturated heterocycles. The molecule has 0 radical (unpaired) electrons. The monoisotopic (exact) mass is 282 g/mol. The van der Waals surface area contributed by atoms with Crippen molar-refractivity contribution >= 4 is 10.9 Å². The molecule has 0 amide bonds. The number of aromatic nitrogens is 2. The van der Waals surface area contributed by atoms with Crippen LogP contribution < -0.4 is 5.56 Å². The molecular weight excluding hydrogens is 267 g/mol. The molecule has 0 aliphatic heterocycles. The van der Waals surface area contributed by atoms with Gasteiger partial charge in [0, 0.05) is 6.54 Å². The van der Waals surface area contributed by atoms with Gasteiger partial charge >= 0.3 is 0 Å². The first-order valence-corrected chi connectivity index (χ1v) is 6.94. The number of nitrogens with zero attached hydrogens (tertiary/aromatic N) is 2. The van der Waals surface area contributed by atoms with Crippen LogP contribution in [0.15, 0.2) is 53.6 Å². The van der Waals surface area contributed by atoms with Gasteiger partial charge < -0.3 is 0 Å². The van der Waals surface area contributed by atoms with E-state index in [1.54, 1.807) is 23.0 Å². The summed E-state index contributed by atoms with van der Waals surface area (Å²) < 4.78 is 14.9. The van der Waals surface area contributed by atoms with Gasteiger partial charge in [0.25, 0.3) is 5.56 Å². The third kappa shape index (κ3) is 2.57. The molecule has 0 fully saturated rings. The minimum Gasteiger partial charge on any atom is -0.299 e. The molecule has 0 aliphatic rings. The predicted molar refractivity (Wildman–Crippen MR) is 81.7 cm³/mol. The van der Waals surface area contributed by atoms with Crippen LogP contribution in [0.5, 0.6) is 0 Å². The molecule has 106 valence electrons. The zero-order chi connectivity index (χ0) is 14.8. The fourth-order valence-corrected chi connectivity index (χ4v) is 2.41. The van der Waals surface area contributed by atoms with Crippen molar-refractivity contribution < 1.29 is 4.39 Å². The molecule has 2 aromatic carbocycles. The van der Waals surface area contributed by atoms with Crippen molar-refractivity contribution in [1.29, 1.82) is 0 Å². The Morgan fingerprint density at radius 3 is 2.71 bits per heavy atom. The fourth-order valence-electron chi connectivity index (χ4n) is 2.41. The second-order valence-corrected chi connectivity index (χ2v) is 4.99. The van der Waals surface area contributed by atoms with Gasteiger partial charge in [-0.1, -0.05) is 25.1 Å². The summed E-state index contributed by atoms with van der Waals surface area (Å²) in [5.41, 5.74) is 2.22. The van der Waals surface area contributed by atoms with E-state index in [1.807, 2.05) is 25.1 Å². The van der Waals surface area contributed by atoms with Crippen molar-refractivity contribution in [2.24, 2.45) is 0 Å². The van der Waals surface area contributed by atoms with Crippen molar-refractivity contribution in [3.05, 3.63) is 65.0 Å². The Balaban J connectivity index is 2.13. The van der Waals surface area contributed by atoms with Crippen molar-refractivity contribution in [1.82, 2.24) is 9.55 Å². The maximum absolute atomic E-state index is 13.3. The Hall–Kier alpha value is -2.49. The molecule has 4 heteroatoms. The second-order valence-electron chi connectivity index (χ2n) is 4.99. The normalized spacial score (nSPS) is 11.0. The van der Waals surface area contributed by atoms with E-state index in [2.05, 4.69) is 4.98 Å². The SMILES string of the molecule is CCCn1cnc2cc(-c3cccc(F)c3)ccc2c1=O. The maximum atomic E-state index is 13.3. The number of aryl methyl sites for hydroxylation is 1. The van der Waals surface area contributed by atoms with Crippen LogP contribution in [-0.4, -0.2) is 9.55 Å². The molecule has 21 heavy (non-hydrogen) atoms. The first-order valence-electron chi connectivity index (χ1n) is 6.94. The van der Waals surface area contributed by atoms with Crippen LogP contribution in [0.1, 0.15) is 13.3 Å². The number of benzene rings is 2. The standard InChI is InChI=1S/C17H15FN2O/c1-2-8-20-11-19-16-10-13(6-7-15(16)17(20)21)12-4-3-5-14(18)9-12/h3-7,9-11H,2,8H2,1H3. The molecule has 0 atom stereocenters. The number of hydrogen-bond donors (Lipinski definition) is 0. The van der Waals surface area contributed by atoms with E-state index >= 15 is 0 Å². The molecular formula is C17H15FN2O. The smallest absolute Gasteiger partial charge is 0.261 e. The quantitative estimate of drug-likeness (QED) is 0.735. The van der Waals surface area contributed by atoms with Gasteiger partial charge in [-0.15, -0.1) is 0 Å². The minimum absolute atomic E-state index is 0.0346. The van der Waals surface area contributed by atoms with E-state index in [0.717, 1.165) is 17.5 Å². The fraction of sp³-hybridized carbons (Fsp3) is 0.176. The molecule has 0 N–H and O–H groups in total. The molecule has 3 nitrogen and oxygen atoms in total. The lowest BCUT2D eigenvalue weighted by atomic mass is 10.0. The average molecular weight is 282 g/mol. The Morgan fingerprint density at radius 1 is 1.14 bits per heavy atom. The molecule has 0 saturated carbocycles. The van der Waals surface area contributed by atoms with Crippen LogP contribution in [0, 0.1) is 5.82 Å². The number of halogens is 1. The average Bonchev–Trinajstić information content (AvgIpc) is 2.50. The Labute approximate surface area is 121 Å². The van der Waals surface area contributed by atoms with E-state index in [9.17, 15) is 9.18 Å². The molecule has 1 aromatic heterocycles. The Kier molecular flexibility index (Phi) is 3.52. The van der Waals surface area contributed by atoms with Gasteiger partial charge in [0.2, 0.25) is 0 Å². The lowest BCUT2D eigenvalue weighted by Gasteiger charge is -2.07. The highest BCUT2D eigenvalue weighted by atomic mass is 19.1. The summed E-state index contributed by atoms with van der Waals surface area (Å²) in [7, 11) is 0. The zero-order valence-corrected chi connectivity index (χ0v) is 11.7. The Morgan fingerprint density at radius 2 is 1.95 bits per heavy atom. The number of hydrogen-bond acceptors (Lipinski definition) is 2. The van der Waals surface area contributed by atoms with Crippen LogP contribution in [0.25, 0.3) is 22.0 Å². The van der Waals surface area contributed by atoms with Gasteiger partial charge in [-0.05, 0) is 41.8 Å². The highest BCUT2D eigenvalue weighted by Crippen LogP contribution is 2.22. The number of rotatable bonds is 3. The van der Waals surface area contributed by atoms with Crippen LogP contribution in [0.4, 0.5) is 4.39 Å². The summed E-state index contributed by atoms with van der Waals surface area (Å²) in [5, 5.41) is 0.589. The van der Waals surface area contributed by atoms with Gasteiger partial charge in [0.1, 0.15) is 5.82 Å². The van der Waals surface area contributed by atoms with Gasteiger partial charge in [0.05, 0.1) is 17.2 Å². The van der Waals surface area contributed by atoms with Gasteiger partial charge in [-0.3, -0.25) is 9.36 Å². The molecule has 3 aromatic rings. The van der Waals surface area contributed by atoms with Gasteiger partial charge in [-0.25, -0.2) is 9.37 Å². The molecule has 0 aliphatic carbocycles. The van der Waals surface area contributed by atoms with E-state index in [0.29, 0.717) is 17.4 Å².